The monoisotopic (exact) mass is 380 g/mol. The van der Waals surface area contributed by atoms with Gasteiger partial charge in [-0.3, -0.25) is 14.7 Å². The first kappa shape index (κ1) is 18.9. The lowest BCUT2D eigenvalue weighted by molar-refractivity contribution is -0.137. The molecule has 0 spiro atoms. The molecule has 6 nitrogen and oxygen atoms in total. The van der Waals surface area contributed by atoms with Crippen LogP contribution in [-0.4, -0.2) is 33.5 Å². The number of halogens is 3. The van der Waals surface area contributed by atoms with Crippen molar-refractivity contribution in [1.82, 2.24) is 15.1 Å². The molecule has 1 saturated heterocycles. The lowest BCUT2D eigenvalue weighted by Gasteiger charge is -2.35. The summed E-state index contributed by atoms with van der Waals surface area (Å²) in [5.41, 5.74) is 5.71. The third kappa shape index (κ3) is 4.29. The molecule has 1 aliphatic rings. The Morgan fingerprint density at radius 3 is 2.52 bits per heavy atom. The fourth-order valence-electron chi connectivity index (χ4n) is 3.27. The van der Waals surface area contributed by atoms with E-state index in [-0.39, 0.29) is 24.1 Å². The van der Waals surface area contributed by atoms with E-state index >= 15 is 0 Å². The van der Waals surface area contributed by atoms with E-state index in [1.807, 2.05) is 0 Å². The number of carbonyl (C=O) groups is 2. The van der Waals surface area contributed by atoms with Gasteiger partial charge in [0.2, 0.25) is 5.91 Å². The third-order valence-electron chi connectivity index (χ3n) is 4.67. The Hall–Kier alpha value is -2.84. The molecule has 3 N–H and O–H groups in total. The zero-order valence-electron chi connectivity index (χ0n) is 14.4. The molecular weight excluding hydrogens is 361 g/mol. The summed E-state index contributed by atoms with van der Waals surface area (Å²) in [4.78, 5) is 25.7. The molecule has 1 aliphatic heterocycles. The van der Waals surface area contributed by atoms with Crippen molar-refractivity contribution in [2.75, 3.05) is 6.54 Å². The lowest BCUT2D eigenvalue weighted by Crippen LogP contribution is -2.39. The van der Waals surface area contributed by atoms with Crippen LogP contribution in [0, 0.1) is 0 Å². The summed E-state index contributed by atoms with van der Waals surface area (Å²) in [5, 5.41) is 6.62. The van der Waals surface area contributed by atoms with E-state index in [1.165, 1.54) is 18.2 Å². The zero-order valence-corrected chi connectivity index (χ0v) is 14.4. The van der Waals surface area contributed by atoms with Gasteiger partial charge in [-0.2, -0.15) is 18.3 Å². The van der Waals surface area contributed by atoms with E-state index in [2.05, 4.69) is 10.2 Å². The summed E-state index contributed by atoms with van der Waals surface area (Å²) < 4.78 is 38.0. The van der Waals surface area contributed by atoms with Crippen LogP contribution in [0.5, 0.6) is 0 Å². The average Bonchev–Trinajstić information content (AvgIpc) is 3.12. The summed E-state index contributed by atoms with van der Waals surface area (Å²) in [6.45, 7) is 0.537. The summed E-state index contributed by atoms with van der Waals surface area (Å²) in [6.07, 6.45) is -1.93. The minimum Gasteiger partial charge on any atom is -0.364 e. The van der Waals surface area contributed by atoms with Crippen LogP contribution in [0.25, 0.3) is 0 Å². The number of rotatable bonds is 4. The number of aromatic amines is 1. The number of hydrogen-bond acceptors (Lipinski definition) is 3. The molecule has 1 unspecified atom stereocenters. The second kappa shape index (κ2) is 7.42. The molecule has 1 aromatic carbocycles. The number of primary amides is 1. The summed E-state index contributed by atoms with van der Waals surface area (Å²) in [7, 11) is 0. The summed E-state index contributed by atoms with van der Waals surface area (Å²) in [5.74, 6) is -0.842. The number of amides is 2. The smallest absolute Gasteiger partial charge is 0.364 e. The second-order valence-corrected chi connectivity index (χ2v) is 6.54. The zero-order chi connectivity index (χ0) is 19.6. The molecule has 2 aromatic rings. The van der Waals surface area contributed by atoms with Gasteiger partial charge in [0, 0.05) is 6.54 Å². The van der Waals surface area contributed by atoms with Crippen LogP contribution >= 0.6 is 0 Å². The van der Waals surface area contributed by atoms with E-state index < -0.39 is 17.6 Å². The normalized spacial score (nSPS) is 17.7. The van der Waals surface area contributed by atoms with Crippen LogP contribution in [-0.2, 0) is 17.4 Å². The van der Waals surface area contributed by atoms with E-state index in [1.54, 1.807) is 4.90 Å². The van der Waals surface area contributed by atoms with Crippen LogP contribution in [0.15, 0.2) is 30.3 Å². The molecule has 27 heavy (non-hydrogen) atoms. The summed E-state index contributed by atoms with van der Waals surface area (Å²) in [6, 6.07) is 5.87. The average molecular weight is 380 g/mol. The van der Waals surface area contributed by atoms with Crippen molar-refractivity contribution in [3.8, 4) is 0 Å². The predicted octanol–water partition coefficient (Wildman–Crippen LogP) is 2.82. The lowest BCUT2D eigenvalue weighted by atomic mass is 9.98. The molecule has 0 bridgehead atoms. The molecule has 144 valence electrons. The number of alkyl halides is 3. The van der Waals surface area contributed by atoms with Gasteiger partial charge in [-0.05, 0) is 43.0 Å². The van der Waals surface area contributed by atoms with Crippen LogP contribution in [0.4, 0.5) is 13.2 Å². The quantitative estimate of drug-likeness (QED) is 0.854. The molecule has 0 saturated carbocycles. The maximum Gasteiger partial charge on any atom is 0.416 e. The Kier molecular flexibility index (Phi) is 5.20. The predicted molar refractivity (Wildman–Crippen MR) is 90.6 cm³/mol. The first-order valence-electron chi connectivity index (χ1n) is 8.56. The van der Waals surface area contributed by atoms with Gasteiger partial charge in [0.15, 0.2) is 0 Å². The SMILES string of the molecule is NC(=O)c1cc(C2CCCCN2C(=O)Cc2ccc(C(F)(F)F)cc2)[nH]n1. The van der Waals surface area contributed by atoms with E-state index in [4.69, 9.17) is 5.73 Å². The van der Waals surface area contributed by atoms with Gasteiger partial charge in [0.25, 0.3) is 5.91 Å². The molecular formula is C18H19F3N4O2. The van der Waals surface area contributed by atoms with Gasteiger partial charge in [-0.25, -0.2) is 0 Å². The van der Waals surface area contributed by atoms with Gasteiger partial charge >= 0.3 is 6.18 Å². The molecule has 3 rings (SSSR count). The number of aromatic nitrogens is 2. The van der Waals surface area contributed by atoms with Gasteiger partial charge in [0.05, 0.1) is 23.7 Å². The number of nitrogens with zero attached hydrogens (tertiary/aromatic N) is 2. The number of nitrogens with two attached hydrogens (primary N) is 1. The Bertz CT molecular complexity index is 830. The third-order valence-corrected chi connectivity index (χ3v) is 4.67. The van der Waals surface area contributed by atoms with Crippen molar-refractivity contribution in [2.45, 2.75) is 37.9 Å². The standard InChI is InChI=1S/C18H19F3N4O2/c19-18(20,21)12-6-4-11(5-7-12)9-16(26)25-8-2-1-3-15(25)13-10-14(17(22)27)24-23-13/h4-7,10,15H,1-3,8-9H2,(H2,22,27)(H,23,24). The Balaban J connectivity index is 1.74. The molecule has 0 aliphatic carbocycles. The summed E-state index contributed by atoms with van der Waals surface area (Å²) >= 11 is 0. The Morgan fingerprint density at radius 1 is 1.22 bits per heavy atom. The fraction of sp³-hybridized carbons (Fsp3) is 0.389. The van der Waals surface area contributed by atoms with Gasteiger partial charge in [-0.1, -0.05) is 12.1 Å². The van der Waals surface area contributed by atoms with Gasteiger partial charge in [-0.15, -0.1) is 0 Å². The number of likely N-dealkylation sites (tertiary alicyclic amines) is 1. The second-order valence-electron chi connectivity index (χ2n) is 6.54. The van der Waals surface area contributed by atoms with Crippen molar-refractivity contribution in [3.63, 3.8) is 0 Å². The van der Waals surface area contributed by atoms with E-state index in [0.29, 0.717) is 24.2 Å². The fourth-order valence-corrected chi connectivity index (χ4v) is 3.27. The molecule has 1 fully saturated rings. The first-order valence-corrected chi connectivity index (χ1v) is 8.56. The van der Waals surface area contributed by atoms with Gasteiger partial charge in [0.1, 0.15) is 5.69 Å². The van der Waals surface area contributed by atoms with Crippen LogP contribution in [0.3, 0.4) is 0 Å². The van der Waals surface area contributed by atoms with Crippen molar-refractivity contribution in [3.05, 3.63) is 52.8 Å². The maximum absolute atomic E-state index is 12.8. The first-order chi connectivity index (χ1) is 12.8. The largest absolute Gasteiger partial charge is 0.416 e. The molecule has 2 amide bonds. The Labute approximate surface area is 153 Å². The highest BCUT2D eigenvalue weighted by atomic mass is 19.4. The topological polar surface area (TPSA) is 92.1 Å². The van der Waals surface area contributed by atoms with Crippen molar-refractivity contribution < 1.29 is 22.8 Å². The number of H-pyrrole nitrogens is 1. The van der Waals surface area contributed by atoms with Crippen molar-refractivity contribution in [2.24, 2.45) is 5.73 Å². The molecule has 1 aromatic heterocycles. The highest BCUT2D eigenvalue weighted by Gasteiger charge is 2.31. The van der Waals surface area contributed by atoms with Crippen LogP contribution < -0.4 is 5.73 Å². The van der Waals surface area contributed by atoms with E-state index in [9.17, 15) is 22.8 Å². The van der Waals surface area contributed by atoms with Crippen molar-refractivity contribution in [1.29, 1.82) is 0 Å². The van der Waals surface area contributed by atoms with Gasteiger partial charge < -0.3 is 10.6 Å². The number of hydrogen-bond donors (Lipinski definition) is 2. The van der Waals surface area contributed by atoms with E-state index in [0.717, 1.165) is 25.0 Å². The number of benzene rings is 1. The highest BCUT2D eigenvalue weighted by molar-refractivity contribution is 5.90. The highest BCUT2D eigenvalue weighted by Crippen LogP contribution is 2.32. The molecule has 0 radical (unpaired) electrons. The number of nitrogens with one attached hydrogen (secondary N) is 1. The van der Waals surface area contributed by atoms with Crippen LogP contribution in [0.1, 0.15) is 52.6 Å². The maximum atomic E-state index is 12.8. The number of carbonyl (C=O) groups excluding carboxylic acids is 2. The minimum atomic E-state index is -4.40. The van der Waals surface area contributed by atoms with Crippen molar-refractivity contribution >= 4 is 11.8 Å². The van der Waals surface area contributed by atoms with Crippen LogP contribution in [0.2, 0.25) is 0 Å². The Morgan fingerprint density at radius 2 is 1.93 bits per heavy atom. The minimum absolute atomic E-state index is 0.00541. The molecule has 1 atom stereocenters. The molecule has 9 heteroatoms. The number of piperidine rings is 1. The molecule has 2 heterocycles.